The predicted octanol–water partition coefficient (Wildman–Crippen LogP) is 6.85. The molecule has 0 aliphatic heterocycles. The minimum Gasteiger partial charge on any atom is -0.494 e. The molecule has 1 aromatic heterocycles. The Morgan fingerprint density at radius 3 is 2.50 bits per heavy atom. The number of hydrogen-bond acceptors (Lipinski definition) is 6. The Kier molecular flexibility index (Phi) is 7.34. The van der Waals surface area contributed by atoms with Crippen LogP contribution in [0.4, 0.5) is 11.4 Å². The van der Waals surface area contributed by atoms with Crippen LogP contribution in [-0.4, -0.2) is 24.0 Å². The van der Waals surface area contributed by atoms with Crippen LogP contribution in [0.1, 0.15) is 26.3 Å². The number of non-ortho nitro benzene ring substituents is 1. The molecule has 0 aliphatic rings. The highest BCUT2D eigenvalue weighted by atomic mass is 16.6. The van der Waals surface area contributed by atoms with Gasteiger partial charge < -0.3 is 19.2 Å². The standard InChI is InChI=1S/C28H26N2O6/c1-4-34-22-11-9-19(10-12-22)25-17-36-27-16-26(35-5-2)23(15-24(25)27)18(3)13-28(31)29-20-7-6-8-21(14-20)30(32)33/h6-17H,4-5H2,1-3H3,(H,29,31)/b18-13+. The van der Waals surface area contributed by atoms with Crippen LogP contribution in [0, 0.1) is 10.1 Å². The molecule has 0 atom stereocenters. The van der Waals surface area contributed by atoms with Gasteiger partial charge in [0.25, 0.3) is 5.69 Å². The number of carbonyl (C=O) groups excluding carboxylic acids is 1. The van der Waals surface area contributed by atoms with Crippen molar-refractivity contribution in [3.05, 3.63) is 88.7 Å². The molecule has 0 radical (unpaired) electrons. The zero-order valence-corrected chi connectivity index (χ0v) is 20.2. The van der Waals surface area contributed by atoms with Gasteiger partial charge in [-0.3, -0.25) is 14.9 Å². The molecule has 3 aromatic carbocycles. The van der Waals surface area contributed by atoms with Crippen molar-refractivity contribution in [2.45, 2.75) is 20.8 Å². The van der Waals surface area contributed by atoms with Crippen molar-refractivity contribution in [1.82, 2.24) is 0 Å². The number of hydrogen-bond donors (Lipinski definition) is 1. The van der Waals surface area contributed by atoms with Gasteiger partial charge in [0.2, 0.25) is 5.91 Å². The lowest BCUT2D eigenvalue weighted by molar-refractivity contribution is -0.384. The second-order valence-electron chi connectivity index (χ2n) is 8.01. The molecule has 4 rings (SSSR count). The first-order valence-corrected chi connectivity index (χ1v) is 11.5. The van der Waals surface area contributed by atoms with Crippen molar-refractivity contribution in [3.8, 4) is 22.6 Å². The summed E-state index contributed by atoms with van der Waals surface area (Å²) >= 11 is 0. The Morgan fingerprint density at radius 1 is 1.06 bits per heavy atom. The van der Waals surface area contributed by atoms with E-state index in [-0.39, 0.29) is 5.69 Å². The number of allylic oxidation sites excluding steroid dienone is 1. The van der Waals surface area contributed by atoms with E-state index >= 15 is 0 Å². The van der Waals surface area contributed by atoms with Gasteiger partial charge in [-0.05, 0) is 56.2 Å². The molecule has 0 unspecified atom stereocenters. The predicted molar refractivity (Wildman–Crippen MR) is 139 cm³/mol. The first-order valence-electron chi connectivity index (χ1n) is 11.5. The highest BCUT2D eigenvalue weighted by molar-refractivity contribution is 6.05. The summed E-state index contributed by atoms with van der Waals surface area (Å²) in [6, 6.07) is 17.3. The highest BCUT2D eigenvalue weighted by Gasteiger charge is 2.16. The van der Waals surface area contributed by atoms with E-state index in [1.54, 1.807) is 12.3 Å². The summed E-state index contributed by atoms with van der Waals surface area (Å²) < 4.78 is 17.2. The second kappa shape index (κ2) is 10.8. The van der Waals surface area contributed by atoms with E-state index in [0.29, 0.717) is 35.8 Å². The van der Waals surface area contributed by atoms with Gasteiger partial charge in [-0.25, -0.2) is 0 Å². The van der Waals surface area contributed by atoms with E-state index in [2.05, 4.69) is 5.32 Å². The number of fused-ring (bicyclic) bond motifs is 1. The molecule has 0 aliphatic carbocycles. The molecule has 36 heavy (non-hydrogen) atoms. The van der Waals surface area contributed by atoms with Crippen LogP contribution in [0.5, 0.6) is 11.5 Å². The molecule has 0 fully saturated rings. The molecule has 0 bridgehead atoms. The number of benzene rings is 3. The van der Waals surface area contributed by atoms with Crippen LogP contribution in [0.3, 0.4) is 0 Å². The third-order valence-corrected chi connectivity index (χ3v) is 5.55. The van der Waals surface area contributed by atoms with Gasteiger partial charge in [0.15, 0.2) is 0 Å². The number of furan rings is 1. The average Bonchev–Trinajstić information content (AvgIpc) is 3.27. The van der Waals surface area contributed by atoms with E-state index in [4.69, 9.17) is 13.9 Å². The van der Waals surface area contributed by atoms with Gasteiger partial charge >= 0.3 is 0 Å². The number of nitrogens with one attached hydrogen (secondary N) is 1. The lowest BCUT2D eigenvalue weighted by Crippen LogP contribution is -2.09. The highest BCUT2D eigenvalue weighted by Crippen LogP contribution is 2.38. The monoisotopic (exact) mass is 486 g/mol. The summed E-state index contributed by atoms with van der Waals surface area (Å²) in [6.45, 7) is 6.67. The Morgan fingerprint density at radius 2 is 1.81 bits per heavy atom. The van der Waals surface area contributed by atoms with E-state index in [0.717, 1.165) is 27.8 Å². The fourth-order valence-electron chi connectivity index (χ4n) is 3.91. The Bertz CT molecular complexity index is 1440. The molecule has 184 valence electrons. The number of carbonyl (C=O) groups is 1. The van der Waals surface area contributed by atoms with Gasteiger partial charge in [0.1, 0.15) is 17.1 Å². The molecule has 1 amide bonds. The fraction of sp³-hybridized carbons (Fsp3) is 0.179. The van der Waals surface area contributed by atoms with Crippen molar-refractivity contribution >= 4 is 33.8 Å². The lowest BCUT2D eigenvalue weighted by atomic mass is 9.99. The minimum absolute atomic E-state index is 0.0978. The maximum atomic E-state index is 12.7. The van der Waals surface area contributed by atoms with Crippen molar-refractivity contribution < 1.29 is 23.6 Å². The van der Waals surface area contributed by atoms with Crippen LogP contribution in [-0.2, 0) is 4.79 Å². The zero-order chi connectivity index (χ0) is 25.7. The van der Waals surface area contributed by atoms with Crippen LogP contribution >= 0.6 is 0 Å². The number of nitrogens with zero attached hydrogens (tertiary/aromatic N) is 1. The largest absolute Gasteiger partial charge is 0.494 e. The molecule has 0 saturated carbocycles. The summed E-state index contributed by atoms with van der Waals surface area (Å²) in [7, 11) is 0. The van der Waals surface area contributed by atoms with Crippen LogP contribution < -0.4 is 14.8 Å². The van der Waals surface area contributed by atoms with E-state index in [1.165, 1.54) is 24.3 Å². The zero-order valence-electron chi connectivity index (χ0n) is 20.2. The number of ether oxygens (including phenoxy) is 2. The van der Waals surface area contributed by atoms with Gasteiger partial charge in [-0.1, -0.05) is 18.2 Å². The van der Waals surface area contributed by atoms with Crippen LogP contribution in [0.25, 0.3) is 27.7 Å². The molecule has 1 N–H and O–H groups in total. The van der Waals surface area contributed by atoms with Crippen molar-refractivity contribution in [3.63, 3.8) is 0 Å². The lowest BCUT2D eigenvalue weighted by Gasteiger charge is -2.12. The Balaban J connectivity index is 1.68. The smallest absolute Gasteiger partial charge is 0.271 e. The van der Waals surface area contributed by atoms with E-state index < -0.39 is 10.8 Å². The molecule has 0 spiro atoms. The normalized spacial score (nSPS) is 11.4. The second-order valence-corrected chi connectivity index (χ2v) is 8.01. The molecule has 4 aromatic rings. The SMILES string of the molecule is CCOc1ccc(-c2coc3cc(OCC)c(/C(C)=C/C(=O)Nc4cccc([N+](=O)[O-])c4)cc23)cc1. The van der Waals surface area contributed by atoms with Crippen LogP contribution in [0.2, 0.25) is 0 Å². The van der Waals surface area contributed by atoms with Crippen molar-refractivity contribution in [2.24, 2.45) is 0 Å². The van der Waals surface area contributed by atoms with Gasteiger partial charge in [-0.2, -0.15) is 0 Å². The summed E-state index contributed by atoms with van der Waals surface area (Å²) in [5.41, 5.74) is 4.20. The van der Waals surface area contributed by atoms with Crippen molar-refractivity contribution in [2.75, 3.05) is 18.5 Å². The summed E-state index contributed by atoms with van der Waals surface area (Å²) in [6.07, 6.45) is 3.15. The number of amides is 1. The molecule has 8 heteroatoms. The summed E-state index contributed by atoms with van der Waals surface area (Å²) in [4.78, 5) is 23.2. The topological polar surface area (TPSA) is 104 Å². The van der Waals surface area contributed by atoms with Crippen LogP contribution in [0.15, 0.2) is 77.4 Å². The third-order valence-electron chi connectivity index (χ3n) is 5.55. The van der Waals surface area contributed by atoms with Gasteiger partial charge in [-0.15, -0.1) is 0 Å². The molecular formula is C28H26N2O6. The summed E-state index contributed by atoms with van der Waals surface area (Å²) in [5.74, 6) is 0.978. The first kappa shape index (κ1) is 24.5. The quantitative estimate of drug-likeness (QED) is 0.158. The fourth-order valence-corrected chi connectivity index (χ4v) is 3.91. The van der Waals surface area contributed by atoms with E-state index in [9.17, 15) is 14.9 Å². The number of nitro groups is 1. The van der Waals surface area contributed by atoms with Gasteiger partial charge in [0, 0.05) is 46.5 Å². The minimum atomic E-state index is -0.507. The third kappa shape index (κ3) is 5.38. The number of nitro benzene ring substituents is 1. The maximum Gasteiger partial charge on any atom is 0.271 e. The van der Waals surface area contributed by atoms with E-state index in [1.807, 2.05) is 57.2 Å². The molecular weight excluding hydrogens is 460 g/mol. The molecule has 1 heterocycles. The Hall–Kier alpha value is -4.59. The molecule has 0 saturated heterocycles. The van der Waals surface area contributed by atoms with Crippen molar-refractivity contribution in [1.29, 1.82) is 0 Å². The Labute approximate surface area is 208 Å². The average molecular weight is 487 g/mol. The number of rotatable bonds is 9. The first-order chi connectivity index (χ1) is 17.4. The summed E-state index contributed by atoms with van der Waals surface area (Å²) in [5, 5.41) is 14.6. The molecule has 8 nitrogen and oxygen atoms in total. The number of anilines is 1. The maximum absolute atomic E-state index is 12.7. The van der Waals surface area contributed by atoms with Gasteiger partial charge in [0.05, 0.1) is 24.4 Å².